The lowest BCUT2D eigenvalue weighted by atomic mass is 10.1. The van der Waals surface area contributed by atoms with E-state index >= 15 is 0 Å². The van der Waals surface area contributed by atoms with Gasteiger partial charge in [0, 0.05) is 12.6 Å². The second-order valence-electron chi connectivity index (χ2n) is 4.56. The Morgan fingerprint density at radius 1 is 1.14 bits per heavy atom. The monoisotopic (exact) mass is 294 g/mol. The lowest BCUT2D eigenvalue weighted by molar-refractivity contribution is 0.323. The summed E-state index contributed by atoms with van der Waals surface area (Å²) in [7, 11) is 4.81. The number of methoxy groups -OCH3 is 3. The summed E-state index contributed by atoms with van der Waals surface area (Å²) in [4.78, 5) is 0. The quantitative estimate of drug-likeness (QED) is 0.540. The van der Waals surface area contributed by atoms with Crippen LogP contribution in [0.5, 0.6) is 17.2 Å². The fourth-order valence-electron chi connectivity index (χ4n) is 2.15. The summed E-state index contributed by atoms with van der Waals surface area (Å²) < 4.78 is 16.1. The largest absolute Gasteiger partial charge is 0.493 e. The smallest absolute Gasteiger partial charge is 0.203 e. The summed E-state index contributed by atoms with van der Waals surface area (Å²) >= 11 is 0. The summed E-state index contributed by atoms with van der Waals surface area (Å²) in [6, 6.07) is 3.91. The van der Waals surface area contributed by atoms with Crippen molar-refractivity contribution in [1.29, 1.82) is 0 Å². The third-order valence-electron chi connectivity index (χ3n) is 3.26. The molecule has 0 aliphatic rings. The molecular weight excluding hydrogens is 268 g/mol. The van der Waals surface area contributed by atoms with Crippen molar-refractivity contribution >= 4 is 0 Å². The predicted octanol–water partition coefficient (Wildman–Crippen LogP) is 2.27. The first-order valence-electron chi connectivity index (χ1n) is 7.06. The van der Waals surface area contributed by atoms with Gasteiger partial charge in [-0.15, -0.1) is 0 Å². The van der Waals surface area contributed by atoms with E-state index in [1.54, 1.807) is 21.3 Å². The lowest BCUT2D eigenvalue weighted by Gasteiger charge is -2.20. The molecule has 5 nitrogen and oxygen atoms in total. The normalized spacial score (nSPS) is 12.4. The van der Waals surface area contributed by atoms with Crippen LogP contribution in [0.3, 0.4) is 0 Å². The number of nitrogens with one attached hydrogen (secondary N) is 1. The fraction of sp³-hybridized carbons (Fsp3) is 0.500. The van der Waals surface area contributed by atoms with Crippen LogP contribution in [0.4, 0.5) is 0 Å². The first-order chi connectivity index (χ1) is 10.2. The van der Waals surface area contributed by atoms with Crippen LogP contribution in [-0.4, -0.2) is 34.4 Å². The van der Waals surface area contributed by atoms with Crippen molar-refractivity contribution in [1.82, 2.24) is 5.32 Å². The Hall–Kier alpha value is -1.72. The van der Waals surface area contributed by atoms with Crippen molar-refractivity contribution in [2.24, 2.45) is 5.73 Å². The molecule has 0 fully saturated rings. The van der Waals surface area contributed by atoms with Crippen LogP contribution in [0, 0.1) is 0 Å². The van der Waals surface area contributed by atoms with Gasteiger partial charge < -0.3 is 25.3 Å². The highest BCUT2D eigenvalue weighted by Crippen LogP contribution is 2.39. The van der Waals surface area contributed by atoms with Crippen LogP contribution in [-0.2, 0) is 0 Å². The van der Waals surface area contributed by atoms with Crippen LogP contribution in [0.25, 0.3) is 0 Å². The van der Waals surface area contributed by atoms with Gasteiger partial charge in [-0.3, -0.25) is 0 Å². The lowest BCUT2D eigenvalue weighted by Crippen LogP contribution is -2.29. The van der Waals surface area contributed by atoms with E-state index in [-0.39, 0.29) is 6.04 Å². The number of nitrogens with two attached hydrogens (primary N) is 1. The van der Waals surface area contributed by atoms with Crippen molar-refractivity contribution in [3.8, 4) is 17.2 Å². The molecule has 21 heavy (non-hydrogen) atoms. The van der Waals surface area contributed by atoms with Crippen molar-refractivity contribution in [2.75, 3.05) is 34.4 Å². The van der Waals surface area contributed by atoms with E-state index in [0.29, 0.717) is 23.8 Å². The maximum atomic E-state index is 5.88. The van der Waals surface area contributed by atoms with Gasteiger partial charge in [0.05, 0.1) is 21.3 Å². The number of benzene rings is 1. The first-order valence-corrected chi connectivity index (χ1v) is 7.06. The average molecular weight is 294 g/mol. The Bertz CT molecular complexity index is 436. The van der Waals surface area contributed by atoms with E-state index in [0.717, 1.165) is 18.5 Å². The van der Waals surface area contributed by atoms with E-state index in [4.69, 9.17) is 19.9 Å². The topological polar surface area (TPSA) is 65.7 Å². The van der Waals surface area contributed by atoms with Crippen molar-refractivity contribution in [2.45, 2.75) is 19.4 Å². The van der Waals surface area contributed by atoms with Gasteiger partial charge in [0.15, 0.2) is 11.5 Å². The number of ether oxygens (including phenoxy) is 3. The standard InChI is InChI=1S/C16H26N2O3/c1-5-6-7-8-18-13(11-17)12-9-14(19-2)16(21-4)15(10-12)20-3/h5-6,9-10,13,18H,7-8,11,17H2,1-4H3/b6-5+. The second kappa shape index (κ2) is 9.26. The van der Waals surface area contributed by atoms with Gasteiger partial charge in [0.25, 0.3) is 0 Å². The maximum absolute atomic E-state index is 5.88. The minimum Gasteiger partial charge on any atom is -0.493 e. The maximum Gasteiger partial charge on any atom is 0.203 e. The van der Waals surface area contributed by atoms with Gasteiger partial charge in [0.2, 0.25) is 5.75 Å². The Kier molecular flexibility index (Phi) is 7.64. The van der Waals surface area contributed by atoms with Crippen molar-refractivity contribution < 1.29 is 14.2 Å². The van der Waals surface area contributed by atoms with Crippen LogP contribution in [0.1, 0.15) is 24.9 Å². The molecule has 1 unspecified atom stereocenters. The van der Waals surface area contributed by atoms with E-state index in [9.17, 15) is 0 Å². The number of hydrogen-bond acceptors (Lipinski definition) is 5. The fourth-order valence-corrected chi connectivity index (χ4v) is 2.15. The molecule has 118 valence electrons. The molecule has 1 aromatic carbocycles. The van der Waals surface area contributed by atoms with Crippen molar-refractivity contribution in [3.05, 3.63) is 29.8 Å². The van der Waals surface area contributed by atoms with Crippen LogP contribution in [0.2, 0.25) is 0 Å². The molecule has 1 atom stereocenters. The third kappa shape index (κ3) is 4.65. The summed E-state index contributed by atoms with van der Waals surface area (Å²) in [5.41, 5.74) is 6.90. The molecule has 0 spiro atoms. The van der Waals surface area contributed by atoms with Gasteiger partial charge in [-0.2, -0.15) is 0 Å². The molecule has 1 rings (SSSR count). The van der Waals surface area contributed by atoms with Gasteiger partial charge >= 0.3 is 0 Å². The summed E-state index contributed by atoms with van der Waals surface area (Å²) in [5, 5.41) is 3.43. The molecule has 0 amide bonds. The molecule has 0 bridgehead atoms. The third-order valence-corrected chi connectivity index (χ3v) is 3.26. The Morgan fingerprint density at radius 2 is 1.76 bits per heavy atom. The molecule has 1 aromatic rings. The Balaban J connectivity index is 2.98. The molecule has 0 aliphatic carbocycles. The SMILES string of the molecule is C/C=C/CCNC(CN)c1cc(OC)c(OC)c(OC)c1. The predicted molar refractivity (Wildman–Crippen MR) is 85.3 cm³/mol. The molecule has 0 saturated heterocycles. The van der Waals surface area contributed by atoms with Gasteiger partial charge in [-0.25, -0.2) is 0 Å². The molecular formula is C16H26N2O3. The molecule has 0 saturated carbocycles. The van der Waals surface area contributed by atoms with Crippen LogP contribution >= 0.6 is 0 Å². The van der Waals surface area contributed by atoms with Crippen LogP contribution in [0.15, 0.2) is 24.3 Å². The van der Waals surface area contributed by atoms with E-state index in [1.165, 1.54) is 0 Å². The Morgan fingerprint density at radius 3 is 2.19 bits per heavy atom. The zero-order valence-electron chi connectivity index (χ0n) is 13.3. The minimum atomic E-state index is 0.0453. The number of rotatable bonds is 9. The zero-order valence-corrected chi connectivity index (χ0v) is 13.3. The number of hydrogen-bond donors (Lipinski definition) is 2. The van der Waals surface area contributed by atoms with Gasteiger partial charge in [0.1, 0.15) is 0 Å². The summed E-state index contributed by atoms with van der Waals surface area (Å²) in [6.07, 6.45) is 5.13. The molecule has 0 aromatic heterocycles. The number of allylic oxidation sites excluding steroid dienone is 1. The zero-order chi connectivity index (χ0) is 15.7. The molecule has 3 N–H and O–H groups in total. The van der Waals surface area contributed by atoms with Gasteiger partial charge in [-0.05, 0) is 37.6 Å². The Labute approximate surface area is 127 Å². The molecule has 5 heteroatoms. The highest BCUT2D eigenvalue weighted by Gasteiger charge is 2.17. The van der Waals surface area contributed by atoms with Crippen LogP contribution < -0.4 is 25.3 Å². The first kappa shape index (κ1) is 17.3. The highest BCUT2D eigenvalue weighted by atomic mass is 16.5. The van der Waals surface area contributed by atoms with Crippen molar-refractivity contribution in [3.63, 3.8) is 0 Å². The van der Waals surface area contributed by atoms with E-state index in [2.05, 4.69) is 11.4 Å². The highest BCUT2D eigenvalue weighted by molar-refractivity contribution is 5.54. The molecule has 0 aliphatic heterocycles. The second-order valence-corrected chi connectivity index (χ2v) is 4.56. The summed E-state index contributed by atoms with van der Waals surface area (Å²) in [5.74, 6) is 1.87. The minimum absolute atomic E-state index is 0.0453. The summed E-state index contributed by atoms with van der Waals surface area (Å²) in [6.45, 7) is 3.37. The average Bonchev–Trinajstić information content (AvgIpc) is 2.53. The molecule has 0 heterocycles. The van der Waals surface area contributed by atoms with E-state index in [1.807, 2.05) is 25.1 Å². The molecule has 0 radical (unpaired) electrons. The van der Waals surface area contributed by atoms with E-state index < -0.39 is 0 Å². The van der Waals surface area contributed by atoms with Gasteiger partial charge in [-0.1, -0.05) is 12.2 Å².